The fourth-order valence-corrected chi connectivity index (χ4v) is 12.0. The lowest BCUT2D eigenvalue weighted by Crippen LogP contribution is -2.69. The first-order valence-corrected chi connectivity index (χ1v) is 40.9. The molecule has 38 N–H and O–H groups in total. The van der Waals surface area contributed by atoms with Gasteiger partial charge in [0.2, 0.25) is 88.6 Å². The Morgan fingerprint density at radius 2 is 0.828 bits per heavy atom. The first-order valence-electron chi connectivity index (χ1n) is 39.5. The van der Waals surface area contributed by atoms with Crippen LogP contribution in [0.5, 0.6) is 0 Å². The molecule has 0 unspecified atom stereocenters. The van der Waals surface area contributed by atoms with E-state index in [1.807, 2.05) is 5.32 Å². The smallest absolute Gasteiger partial charge is 0.305 e. The molecule has 0 saturated carbocycles. The highest BCUT2D eigenvalue weighted by atomic mass is 32.2. The summed E-state index contributed by atoms with van der Waals surface area (Å²) in [5, 5.41) is 85.4. The number of primary amides is 2. The quantitative estimate of drug-likeness (QED) is 0.0216. The monoisotopic (exact) mass is 1750 g/mol. The number of nitrogens with one attached hydrogen (secondary N) is 16. The molecule has 16 atom stereocenters. The lowest BCUT2D eigenvalue weighted by Gasteiger charge is -2.28. The van der Waals surface area contributed by atoms with Crippen molar-refractivity contribution >= 4 is 124 Å². The van der Waals surface area contributed by atoms with Crippen LogP contribution in [0.4, 0.5) is 0 Å². The number of aliphatic hydroxyl groups is 2. The summed E-state index contributed by atoms with van der Waals surface area (Å²) in [6.07, 6.45) is -2.30. The Kier molecular flexibility index (Phi) is 49.6. The molecule has 0 bridgehead atoms. The number of thioether (sulfide) groups is 1. The van der Waals surface area contributed by atoms with E-state index in [0.29, 0.717) is 44.3 Å². The van der Waals surface area contributed by atoms with Gasteiger partial charge in [0.25, 0.3) is 5.91 Å². The van der Waals surface area contributed by atoms with Crippen LogP contribution in [0, 0.1) is 0 Å². The molecule has 1 heterocycles. The van der Waals surface area contributed by atoms with Crippen LogP contribution >= 0.6 is 11.8 Å². The molecule has 0 aliphatic heterocycles. The van der Waals surface area contributed by atoms with E-state index < -0.39 is 273 Å². The molecule has 2 aromatic rings. The molecule has 682 valence electrons. The van der Waals surface area contributed by atoms with Crippen molar-refractivity contribution in [1.29, 1.82) is 0 Å². The van der Waals surface area contributed by atoms with Crippen molar-refractivity contribution < 1.29 is 134 Å². The number of H-pyrrole nitrogens is 1. The number of aromatic nitrogens is 2. The second-order valence-electron chi connectivity index (χ2n) is 28.9. The van der Waals surface area contributed by atoms with Crippen molar-refractivity contribution in [2.75, 3.05) is 38.2 Å². The van der Waals surface area contributed by atoms with E-state index in [0.717, 1.165) is 6.92 Å². The van der Waals surface area contributed by atoms with Gasteiger partial charge in [0, 0.05) is 50.4 Å². The van der Waals surface area contributed by atoms with Gasteiger partial charge in [-0.15, -0.1) is 0 Å². The van der Waals surface area contributed by atoms with Crippen molar-refractivity contribution in [3.8, 4) is 0 Å². The van der Waals surface area contributed by atoms with Gasteiger partial charge >= 0.3 is 17.9 Å². The predicted octanol–water partition coefficient (Wildman–Crippen LogP) is -12.9. The zero-order valence-electron chi connectivity index (χ0n) is 68.9. The normalized spacial score (nSPS) is 15.1. The van der Waals surface area contributed by atoms with Crippen molar-refractivity contribution in [2.45, 2.75) is 246 Å². The number of unbranched alkanes of at least 4 members (excludes halogenated alkanes) is 2. The minimum absolute atomic E-state index is 0.0188. The van der Waals surface area contributed by atoms with Gasteiger partial charge in [-0.05, 0) is 122 Å². The highest BCUT2D eigenvalue weighted by Gasteiger charge is 2.39. The Balaban J connectivity index is 2.53. The zero-order chi connectivity index (χ0) is 91.9. The number of aromatic amines is 1. The number of amides is 16. The summed E-state index contributed by atoms with van der Waals surface area (Å²) in [7, 11) is 0. The number of carboxylic acids is 3. The number of nitrogens with zero attached hydrogens (tertiary/aromatic N) is 1. The highest BCUT2D eigenvalue weighted by molar-refractivity contribution is 7.98. The first kappa shape index (κ1) is 106. The number of rotatable bonds is 62. The second kappa shape index (κ2) is 56.8. The number of carboxylic acid groups (broad SMARTS) is 3. The maximum absolute atomic E-state index is 14.8. The Hall–Kier alpha value is -11.6. The van der Waals surface area contributed by atoms with Crippen LogP contribution in [0.25, 0.3) is 0 Å². The third kappa shape index (κ3) is 41.6. The number of hydrogen-bond donors (Lipinski definition) is 28. The predicted molar refractivity (Wildman–Crippen MR) is 431 cm³/mol. The molecule has 0 radical (unpaired) electrons. The zero-order valence-corrected chi connectivity index (χ0v) is 69.7. The average molecular weight is 1750 g/mol. The molecule has 16 amide bonds. The van der Waals surface area contributed by atoms with Crippen molar-refractivity contribution in [2.24, 2.45) is 22.9 Å². The number of aliphatic hydroxyl groups excluding tert-OH is 2. The summed E-state index contributed by atoms with van der Waals surface area (Å²) in [6, 6.07) is -15.8. The number of carbonyl (C=O) groups excluding carboxylic acids is 16. The van der Waals surface area contributed by atoms with Gasteiger partial charge in [-0.1, -0.05) is 30.3 Å². The number of quaternary nitrogens is 3. The highest BCUT2D eigenvalue weighted by Crippen LogP contribution is 2.14. The van der Waals surface area contributed by atoms with Crippen molar-refractivity contribution in [1.82, 2.24) is 89.7 Å². The fourth-order valence-electron chi connectivity index (χ4n) is 11.5. The number of aliphatic carboxylic acids is 3. The summed E-state index contributed by atoms with van der Waals surface area (Å²) in [5.74, 6) is -21.1. The van der Waals surface area contributed by atoms with Gasteiger partial charge in [0.15, 0.2) is 6.04 Å². The SMILES string of the molecule is CSCC[C@H](NC(=O)[C@H](Cc1cnc[nH]1)NC(=O)[C@H](CCC(N)=O)NC(=O)[C@H](CCCNC(N)N)NC(=O)[C@H](CCC(=O)O)NC(=O)[C@H](Cc1ccccc1)NC(=O)[C@H](CCCC[NH3+])NC(=O)[C@H](C)NC(=O)[C@H](C)NC(=O)[C@H](C)NC(=O)[C@@H](NC(=O)[C@H](CCC(=O)O)NC(=O)[C@@H]([NH3+])CCCC[NH3+])[C@@H](C)O)C(=O)N[C@@H](CC(=O)O)C(=O)N[C@@H](CO)C(N)=O. The first-order chi connectivity index (χ1) is 57.5. The van der Waals surface area contributed by atoms with Crippen LogP contribution in [0.1, 0.15) is 142 Å². The Bertz CT molecular complexity index is 3810. The van der Waals surface area contributed by atoms with Gasteiger partial charge in [-0.2, -0.15) is 11.8 Å². The topological polar surface area (TPSA) is 822 Å². The minimum Gasteiger partial charge on any atom is -0.481 e. The summed E-state index contributed by atoms with van der Waals surface area (Å²) >= 11 is 1.21. The molecule has 48 nitrogen and oxygen atoms in total. The maximum atomic E-state index is 14.8. The van der Waals surface area contributed by atoms with Crippen LogP contribution in [0.2, 0.25) is 0 Å². The van der Waals surface area contributed by atoms with Gasteiger partial charge in [-0.3, -0.25) is 96.4 Å². The summed E-state index contributed by atoms with van der Waals surface area (Å²) in [5.41, 5.74) is 34.2. The van der Waals surface area contributed by atoms with Gasteiger partial charge < -0.3 is 145 Å². The summed E-state index contributed by atoms with van der Waals surface area (Å²) in [4.78, 5) is 263. The molecule has 0 saturated heterocycles. The third-order valence-electron chi connectivity index (χ3n) is 18.5. The van der Waals surface area contributed by atoms with E-state index >= 15 is 0 Å². The van der Waals surface area contributed by atoms with Crippen molar-refractivity contribution in [3.63, 3.8) is 0 Å². The van der Waals surface area contributed by atoms with Gasteiger partial charge in [0.1, 0.15) is 90.9 Å². The van der Waals surface area contributed by atoms with Gasteiger partial charge in [-0.25, -0.2) is 4.98 Å². The Morgan fingerprint density at radius 1 is 0.443 bits per heavy atom. The summed E-state index contributed by atoms with van der Waals surface area (Å²) < 4.78 is 0. The molecule has 0 aliphatic rings. The maximum Gasteiger partial charge on any atom is 0.305 e. The molecule has 2 rings (SSSR count). The minimum atomic E-state index is -1.90. The van der Waals surface area contributed by atoms with Crippen LogP contribution in [0.15, 0.2) is 42.9 Å². The molecule has 0 aliphatic carbocycles. The van der Waals surface area contributed by atoms with Gasteiger partial charge in [0.05, 0.1) is 38.5 Å². The Labute approximate surface area is 706 Å². The van der Waals surface area contributed by atoms with E-state index in [1.54, 1.807) is 36.6 Å². The number of nitrogens with two attached hydrogens (primary N) is 4. The van der Waals surface area contributed by atoms with E-state index in [2.05, 4.69) is 102 Å². The number of carbonyl (C=O) groups is 19. The fraction of sp³-hybridized carbons (Fsp3) is 0.616. The van der Waals surface area contributed by atoms with Crippen LogP contribution in [-0.2, 0) is 104 Å². The van der Waals surface area contributed by atoms with Crippen molar-refractivity contribution in [3.05, 3.63) is 54.1 Å². The van der Waals surface area contributed by atoms with E-state index in [1.165, 1.54) is 45.1 Å². The lowest BCUT2D eigenvalue weighted by molar-refractivity contribution is -0.406. The average Bonchev–Trinajstić information content (AvgIpc) is 1.40. The largest absolute Gasteiger partial charge is 0.481 e. The lowest BCUT2D eigenvalue weighted by atomic mass is 10.0. The van der Waals surface area contributed by atoms with Crippen LogP contribution in [-0.4, -0.2) is 289 Å². The molecular formula is C73H123N24O24S+3. The molecule has 49 heteroatoms. The molecule has 122 heavy (non-hydrogen) atoms. The van der Waals surface area contributed by atoms with E-state index in [-0.39, 0.29) is 56.5 Å². The van der Waals surface area contributed by atoms with Crippen LogP contribution < -0.4 is 120 Å². The van der Waals surface area contributed by atoms with E-state index in [9.17, 15) is 117 Å². The standard InChI is InChI=1S/C73H120N24O24S/c1-36(84-60(109)37(2)86-72(121)57(39(4)99)97-68(117)47(21-24-55(103)104)88-62(111)42(76)16-9-11-26-74)59(108)85-38(3)61(110)87-43(17-10-12-27-75)64(113)93-49(30-40-14-7-6-8-15-40)69(118)91-46(20-23-54(101)102)65(114)89-44(18-13-28-82-73(79)80)63(112)90-45(19-22-53(77)100)66(115)94-50(31-41-33-81-35-83-41)70(119)92-48(25-29-122-5)67(116)95-51(32-56(105)106)71(120)96-52(34-98)58(78)107/h6-8,14-15,33,35-39,42-52,57,73,82,98-99H,9-13,16-32,34,74-76,79-80H2,1-5H3,(H2,77,100)(H2,78,107)(H,81,83)(H,84,109)(H,85,108)(H,86,121)(H,87,110)(H,88,111)(H,89,114)(H,90,112)(H,91,118)(H,92,119)(H,93,113)(H,94,115)(H,95,116)(H,96,120)(H,97,117)(H,101,102)(H,103,104)(H,105,106)/p+3/t36-,37-,38-,39+,42-,43-,44-,45-,46-,47-,48-,49-,50-,51-,52-,57-/m0/s1. The number of benzene rings is 1. The molecule has 1 aromatic heterocycles. The van der Waals surface area contributed by atoms with E-state index in [4.69, 9.17) is 22.9 Å². The molecule has 1 aromatic carbocycles. The number of imidazole rings is 1. The molecule has 0 fully saturated rings. The number of hydrogen-bond acceptors (Lipinski definition) is 26. The molecular weight excluding hydrogens is 1630 g/mol. The second-order valence-corrected chi connectivity index (χ2v) is 29.8. The third-order valence-corrected chi connectivity index (χ3v) is 19.2. The summed E-state index contributed by atoms with van der Waals surface area (Å²) in [6.45, 7) is 4.77. The Morgan fingerprint density at radius 3 is 1.25 bits per heavy atom. The van der Waals surface area contributed by atoms with Crippen LogP contribution in [0.3, 0.4) is 0 Å². The molecule has 0 spiro atoms.